The molecule has 18 heavy (non-hydrogen) atoms. The summed E-state index contributed by atoms with van der Waals surface area (Å²) in [5.41, 5.74) is 1.04. The smallest absolute Gasteiger partial charge is 0.141 e. The van der Waals surface area contributed by atoms with E-state index in [1.807, 2.05) is 24.3 Å². The van der Waals surface area contributed by atoms with Crippen molar-refractivity contribution in [3.63, 3.8) is 0 Å². The Kier molecular flexibility index (Phi) is 4.88. The molecule has 1 fully saturated rings. The molecule has 3 nitrogen and oxygen atoms in total. The zero-order valence-electron chi connectivity index (χ0n) is 11.1. The Hall–Kier alpha value is -1.22. The van der Waals surface area contributed by atoms with Crippen LogP contribution in [0.25, 0.3) is 0 Å². The van der Waals surface area contributed by atoms with Crippen LogP contribution in [0.5, 0.6) is 5.75 Å². The molecule has 3 heteroatoms. The monoisotopic (exact) mass is 249 g/mol. The van der Waals surface area contributed by atoms with E-state index in [1.54, 1.807) is 7.11 Å². The summed E-state index contributed by atoms with van der Waals surface area (Å²) in [6, 6.07) is 7.98. The van der Waals surface area contributed by atoms with E-state index in [2.05, 4.69) is 5.32 Å². The molecule has 0 heterocycles. The van der Waals surface area contributed by atoms with E-state index in [-0.39, 0.29) is 0 Å². The van der Waals surface area contributed by atoms with Crippen molar-refractivity contribution in [2.24, 2.45) is 11.8 Å². The topological polar surface area (TPSA) is 41.5 Å². The zero-order valence-corrected chi connectivity index (χ0v) is 11.1. The van der Waals surface area contributed by atoms with Crippen LogP contribution in [0.4, 0.5) is 5.69 Å². The van der Waals surface area contributed by atoms with Crippen molar-refractivity contribution in [2.75, 3.05) is 25.6 Å². The van der Waals surface area contributed by atoms with E-state index >= 15 is 0 Å². The highest BCUT2D eigenvalue weighted by molar-refractivity contribution is 5.56. The SMILES string of the molecule is COc1ccccc1NCC1CCCCC1CO. The lowest BCUT2D eigenvalue weighted by Gasteiger charge is -2.30. The molecule has 1 saturated carbocycles. The maximum Gasteiger partial charge on any atom is 0.141 e. The predicted molar refractivity (Wildman–Crippen MR) is 74.0 cm³/mol. The molecule has 100 valence electrons. The van der Waals surface area contributed by atoms with Crippen molar-refractivity contribution in [1.29, 1.82) is 0 Å². The van der Waals surface area contributed by atoms with Gasteiger partial charge in [-0.1, -0.05) is 25.0 Å². The number of aliphatic hydroxyl groups excluding tert-OH is 1. The van der Waals surface area contributed by atoms with Gasteiger partial charge >= 0.3 is 0 Å². The molecule has 0 bridgehead atoms. The van der Waals surface area contributed by atoms with Gasteiger partial charge in [0.1, 0.15) is 5.75 Å². The van der Waals surface area contributed by atoms with E-state index in [1.165, 1.54) is 19.3 Å². The summed E-state index contributed by atoms with van der Waals surface area (Å²) in [6.07, 6.45) is 4.92. The lowest BCUT2D eigenvalue weighted by molar-refractivity contribution is 0.141. The van der Waals surface area contributed by atoms with Gasteiger partial charge in [-0.3, -0.25) is 0 Å². The van der Waals surface area contributed by atoms with E-state index < -0.39 is 0 Å². The minimum Gasteiger partial charge on any atom is -0.495 e. The standard InChI is InChI=1S/C15H23NO2/c1-18-15-9-5-4-8-14(15)16-10-12-6-2-3-7-13(12)11-17/h4-5,8-9,12-13,16-17H,2-3,6-7,10-11H2,1H3. The molecule has 0 aliphatic heterocycles. The van der Waals surface area contributed by atoms with Gasteiger partial charge in [0.25, 0.3) is 0 Å². The fourth-order valence-corrected chi connectivity index (χ4v) is 2.83. The van der Waals surface area contributed by atoms with Gasteiger partial charge in [-0.25, -0.2) is 0 Å². The molecule has 2 N–H and O–H groups in total. The van der Waals surface area contributed by atoms with Crippen molar-refractivity contribution in [3.8, 4) is 5.75 Å². The van der Waals surface area contributed by atoms with Crippen LogP contribution in [-0.2, 0) is 0 Å². The van der Waals surface area contributed by atoms with E-state index in [9.17, 15) is 5.11 Å². The Labute approximate surface area is 109 Å². The number of hydrogen-bond donors (Lipinski definition) is 2. The molecule has 0 amide bonds. The summed E-state index contributed by atoms with van der Waals surface area (Å²) >= 11 is 0. The molecule has 1 aromatic rings. The highest BCUT2D eigenvalue weighted by atomic mass is 16.5. The normalized spacial score (nSPS) is 23.7. The summed E-state index contributed by atoms with van der Waals surface area (Å²) < 4.78 is 5.33. The fraction of sp³-hybridized carbons (Fsp3) is 0.600. The van der Waals surface area contributed by atoms with Crippen LogP contribution in [-0.4, -0.2) is 25.4 Å². The molecular weight excluding hydrogens is 226 g/mol. The van der Waals surface area contributed by atoms with Gasteiger partial charge in [0.15, 0.2) is 0 Å². The van der Waals surface area contributed by atoms with Gasteiger partial charge in [-0.15, -0.1) is 0 Å². The average Bonchev–Trinajstić information content (AvgIpc) is 2.45. The molecule has 1 aromatic carbocycles. The van der Waals surface area contributed by atoms with Crippen LogP contribution in [0.15, 0.2) is 24.3 Å². The number of anilines is 1. The number of nitrogens with one attached hydrogen (secondary N) is 1. The fourth-order valence-electron chi connectivity index (χ4n) is 2.83. The van der Waals surface area contributed by atoms with E-state index in [0.29, 0.717) is 18.4 Å². The van der Waals surface area contributed by atoms with Gasteiger partial charge in [-0.2, -0.15) is 0 Å². The number of aliphatic hydroxyl groups is 1. The summed E-state index contributed by atoms with van der Waals surface area (Å²) in [6.45, 7) is 1.24. The maximum atomic E-state index is 9.41. The minimum atomic E-state index is 0.318. The lowest BCUT2D eigenvalue weighted by Crippen LogP contribution is -2.28. The van der Waals surface area contributed by atoms with Gasteiger partial charge in [0.05, 0.1) is 12.8 Å². The van der Waals surface area contributed by atoms with E-state index in [4.69, 9.17) is 4.74 Å². The minimum absolute atomic E-state index is 0.318. The van der Waals surface area contributed by atoms with Crippen molar-refractivity contribution < 1.29 is 9.84 Å². The van der Waals surface area contributed by atoms with Gasteiger partial charge in [0.2, 0.25) is 0 Å². The number of para-hydroxylation sites is 2. The Morgan fingerprint density at radius 2 is 1.94 bits per heavy atom. The summed E-state index contributed by atoms with van der Waals surface area (Å²) in [7, 11) is 1.69. The number of rotatable bonds is 5. The third kappa shape index (κ3) is 3.16. The third-order valence-electron chi connectivity index (χ3n) is 3.96. The highest BCUT2D eigenvalue weighted by Crippen LogP contribution is 2.31. The Morgan fingerprint density at radius 3 is 2.67 bits per heavy atom. The van der Waals surface area contributed by atoms with Crippen molar-refractivity contribution in [3.05, 3.63) is 24.3 Å². The number of benzene rings is 1. The molecule has 1 aliphatic carbocycles. The molecular formula is C15H23NO2. The molecule has 2 rings (SSSR count). The Morgan fingerprint density at radius 1 is 1.22 bits per heavy atom. The first kappa shape index (κ1) is 13.2. The number of hydrogen-bond acceptors (Lipinski definition) is 3. The Balaban J connectivity index is 1.93. The highest BCUT2D eigenvalue weighted by Gasteiger charge is 2.24. The first-order valence-electron chi connectivity index (χ1n) is 6.83. The van der Waals surface area contributed by atoms with Crippen LogP contribution in [0, 0.1) is 11.8 Å². The van der Waals surface area contributed by atoms with Crippen LogP contribution in [0.3, 0.4) is 0 Å². The predicted octanol–water partition coefficient (Wildman–Crippen LogP) is 2.91. The van der Waals surface area contributed by atoms with Gasteiger partial charge in [-0.05, 0) is 36.8 Å². The van der Waals surface area contributed by atoms with Crippen molar-refractivity contribution in [1.82, 2.24) is 0 Å². The summed E-state index contributed by atoms with van der Waals surface area (Å²) in [4.78, 5) is 0. The summed E-state index contributed by atoms with van der Waals surface area (Å²) in [5, 5.41) is 12.9. The van der Waals surface area contributed by atoms with Crippen LogP contribution >= 0.6 is 0 Å². The lowest BCUT2D eigenvalue weighted by atomic mass is 9.79. The maximum absolute atomic E-state index is 9.41. The third-order valence-corrected chi connectivity index (χ3v) is 3.96. The molecule has 0 spiro atoms. The average molecular weight is 249 g/mol. The van der Waals surface area contributed by atoms with Crippen LogP contribution in [0.1, 0.15) is 25.7 Å². The molecule has 0 radical (unpaired) electrons. The summed E-state index contributed by atoms with van der Waals surface area (Å²) in [5.74, 6) is 1.92. The quantitative estimate of drug-likeness (QED) is 0.843. The van der Waals surface area contributed by atoms with Crippen LogP contribution < -0.4 is 10.1 Å². The second kappa shape index (κ2) is 6.64. The Bertz CT molecular complexity index is 367. The molecule has 2 atom stereocenters. The molecule has 0 saturated heterocycles. The number of ether oxygens (including phenoxy) is 1. The first-order valence-corrected chi connectivity index (χ1v) is 6.83. The second-order valence-corrected chi connectivity index (χ2v) is 5.07. The van der Waals surface area contributed by atoms with Crippen LogP contribution in [0.2, 0.25) is 0 Å². The molecule has 1 aliphatic rings. The first-order chi connectivity index (χ1) is 8.85. The zero-order chi connectivity index (χ0) is 12.8. The van der Waals surface area contributed by atoms with Crippen molar-refractivity contribution >= 4 is 5.69 Å². The largest absolute Gasteiger partial charge is 0.495 e. The van der Waals surface area contributed by atoms with Gasteiger partial charge < -0.3 is 15.2 Å². The van der Waals surface area contributed by atoms with Gasteiger partial charge in [0, 0.05) is 13.2 Å². The van der Waals surface area contributed by atoms with Crippen molar-refractivity contribution in [2.45, 2.75) is 25.7 Å². The number of methoxy groups -OCH3 is 1. The molecule has 2 unspecified atom stereocenters. The molecule has 0 aromatic heterocycles. The van der Waals surface area contributed by atoms with E-state index in [0.717, 1.165) is 24.4 Å². The second-order valence-electron chi connectivity index (χ2n) is 5.07.